The Morgan fingerprint density at radius 3 is 2.35 bits per heavy atom. The van der Waals surface area contributed by atoms with Crippen LogP contribution in [0.15, 0.2) is 17.0 Å². The highest BCUT2D eigenvalue weighted by Gasteiger charge is 2.20. The van der Waals surface area contributed by atoms with Gasteiger partial charge in [0.15, 0.2) is 0 Å². The van der Waals surface area contributed by atoms with E-state index in [0.717, 1.165) is 36.8 Å². The van der Waals surface area contributed by atoms with E-state index < -0.39 is 22.8 Å². The Bertz CT molecular complexity index is 585. The fourth-order valence-corrected chi connectivity index (χ4v) is 3.11. The standard InChI is InChI=1S/C13H19NO5S/c15-8-11(16)7-14-12-5-9-3-1-2-4-10(9)6-13(12)20(17,18)19/h5-6,11,14-16H,1-4,7-8H2,(H,17,18,19). The van der Waals surface area contributed by atoms with Gasteiger partial charge >= 0.3 is 0 Å². The van der Waals surface area contributed by atoms with Crippen LogP contribution in [0.1, 0.15) is 24.0 Å². The van der Waals surface area contributed by atoms with Crippen LogP contribution in [0.4, 0.5) is 5.69 Å². The van der Waals surface area contributed by atoms with E-state index in [-0.39, 0.29) is 17.1 Å². The second kappa shape index (κ2) is 6.09. The molecule has 1 atom stereocenters. The molecule has 0 spiro atoms. The molecule has 0 saturated carbocycles. The van der Waals surface area contributed by atoms with Crippen LogP contribution in [0.5, 0.6) is 0 Å². The molecule has 0 saturated heterocycles. The second-order valence-corrected chi connectivity index (χ2v) is 6.41. The molecule has 1 aromatic rings. The summed E-state index contributed by atoms with van der Waals surface area (Å²) in [5.74, 6) is 0. The smallest absolute Gasteiger partial charge is 0.296 e. The van der Waals surface area contributed by atoms with E-state index in [0.29, 0.717) is 0 Å². The van der Waals surface area contributed by atoms with Gasteiger partial charge in [-0.15, -0.1) is 0 Å². The highest BCUT2D eigenvalue weighted by Crippen LogP contribution is 2.30. The Hall–Kier alpha value is -1.15. The molecule has 6 nitrogen and oxygen atoms in total. The highest BCUT2D eigenvalue weighted by atomic mass is 32.2. The zero-order valence-electron chi connectivity index (χ0n) is 11.0. The number of benzene rings is 1. The molecule has 112 valence electrons. The van der Waals surface area contributed by atoms with E-state index in [4.69, 9.17) is 5.11 Å². The Labute approximate surface area is 118 Å². The van der Waals surface area contributed by atoms with Gasteiger partial charge in [-0.05, 0) is 48.9 Å². The van der Waals surface area contributed by atoms with E-state index in [1.54, 1.807) is 6.07 Å². The molecule has 0 heterocycles. The van der Waals surface area contributed by atoms with Crippen LogP contribution < -0.4 is 5.32 Å². The first-order valence-electron chi connectivity index (χ1n) is 6.58. The molecule has 0 radical (unpaired) electrons. The van der Waals surface area contributed by atoms with Gasteiger partial charge in [0, 0.05) is 6.54 Å². The first kappa shape index (κ1) is 15.2. The summed E-state index contributed by atoms with van der Waals surface area (Å²) in [6.45, 7) is -0.406. The third kappa shape index (κ3) is 3.49. The lowest BCUT2D eigenvalue weighted by Gasteiger charge is -2.20. The average molecular weight is 301 g/mol. The van der Waals surface area contributed by atoms with Gasteiger partial charge in [-0.3, -0.25) is 4.55 Å². The fraction of sp³-hybridized carbons (Fsp3) is 0.538. The van der Waals surface area contributed by atoms with Crippen molar-refractivity contribution >= 4 is 15.8 Å². The summed E-state index contributed by atoms with van der Waals surface area (Å²) in [7, 11) is -4.33. The minimum Gasteiger partial charge on any atom is -0.394 e. The van der Waals surface area contributed by atoms with Gasteiger partial charge in [0.2, 0.25) is 0 Å². The number of nitrogens with one attached hydrogen (secondary N) is 1. The topological polar surface area (TPSA) is 107 Å². The van der Waals surface area contributed by atoms with Crippen molar-refractivity contribution in [2.24, 2.45) is 0 Å². The van der Waals surface area contributed by atoms with E-state index in [1.807, 2.05) is 0 Å². The lowest BCUT2D eigenvalue weighted by Crippen LogP contribution is -2.24. The SMILES string of the molecule is O=S(=O)(O)c1cc2c(cc1NCC(O)CO)CCCC2. The fourth-order valence-electron chi connectivity index (χ4n) is 2.41. The molecule has 1 aliphatic carbocycles. The van der Waals surface area contributed by atoms with Gasteiger partial charge in [0.25, 0.3) is 10.1 Å². The number of fused-ring (bicyclic) bond motifs is 1. The molecular formula is C13H19NO5S. The van der Waals surface area contributed by atoms with Crippen molar-refractivity contribution < 1.29 is 23.2 Å². The molecule has 20 heavy (non-hydrogen) atoms. The average Bonchev–Trinajstić information content (AvgIpc) is 2.42. The zero-order valence-corrected chi connectivity index (χ0v) is 11.9. The molecule has 0 fully saturated rings. The number of aliphatic hydroxyl groups is 2. The first-order chi connectivity index (χ1) is 9.41. The molecular weight excluding hydrogens is 282 g/mol. The Kier molecular flexibility index (Phi) is 4.64. The van der Waals surface area contributed by atoms with Crippen LogP contribution >= 0.6 is 0 Å². The summed E-state index contributed by atoms with van der Waals surface area (Å²) >= 11 is 0. The number of hydrogen-bond acceptors (Lipinski definition) is 5. The van der Waals surface area contributed by atoms with Crippen LogP contribution in [-0.4, -0.2) is 42.4 Å². The number of hydrogen-bond donors (Lipinski definition) is 4. The summed E-state index contributed by atoms with van der Waals surface area (Å²) in [6, 6.07) is 3.21. The van der Waals surface area contributed by atoms with E-state index in [9.17, 15) is 18.1 Å². The molecule has 4 N–H and O–H groups in total. The van der Waals surface area contributed by atoms with Crippen molar-refractivity contribution in [3.8, 4) is 0 Å². The molecule has 0 amide bonds. The Morgan fingerprint density at radius 1 is 1.20 bits per heavy atom. The number of aryl methyl sites for hydroxylation is 2. The Balaban J connectivity index is 2.37. The predicted octanol–water partition coefficient (Wildman–Crippen LogP) is 0.577. The van der Waals surface area contributed by atoms with Crippen molar-refractivity contribution in [1.82, 2.24) is 0 Å². The largest absolute Gasteiger partial charge is 0.394 e. The van der Waals surface area contributed by atoms with Crippen molar-refractivity contribution in [3.63, 3.8) is 0 Å². The molecule has 7 heteroatoms. The van der Waals surface area contributed by atoms with Crippen molar-refractivity contribution in [1.29, 1.82) is 0 Å². The third-order valence-electron chi connectivity index (χ3n) is 3.46. The lowest BCUT2D eigenvalue weighted by atomic mass is 9.91. The summed E-state index contributed by atoms with van der Waals surface area (Å²) < 4.78 is 32.2. The normalized spacial score (nSPS) is 16.6. The molecule has 1 aliphatic rings. The van der Waals surface area contributed by atoms with E-state index in [1.165, 1.54) is 6.07 Å². The van der Waals surface area contributed by atoms with Gasteiger partial charge in [-0.2, -0.15) is 8.42 Å². The maximum absolute atomic E-state index is 11.5. The molecule has 0 aliphatic heterocycles. The van der Waals surface area contributed by atoms with Gasteiger partial charge in [-0.1, -0.05) is 0 Å². The Morgan fingerprint density at radius 2 is 1.80 bits per heavy atom. The summed E-state index contributed by atoms with van der Waals surface area (Å²) in [5.41, 5.74) is 2.27. The van der Waals surface area contributed by atoms with Crippen LogP contribution in [0.3, 0.4) is 0 Å². The van der Waals surface area contributed by atoms with Crippen LogP contribution in [0, 0.1) is 0 Å². The lowest BCUT2D eigenvalue weighted by molar-refractivity contribution is 0.105. The van der Waals surface area contributed by atoms with E-state index in [2.05, 4.69) is 5.32 Å². The maximum atomic E-state index is 11.5. The quantitative estimate of drug-likeness (QED) is 0.593. The summed E-state index contributed by atoms with van der Waals surface area (Å²) in [5, 5.41) is 20.9. The van der Waals surface area contributed by atoms with Crippen molar-refractivity contribution in [2.75, 3.05) is 18.5 Å². The summed E-state index contributed by atoms with van der Waals surface area (Å²) in [6.07, 6.45) is 2.75. The van der Waals surface area contributed by atoms with Crippen LogP contribution in [0.2, 0.25) is 0 Å². The van der Waals surface area contributed by atoms with Gasteiger partial charge in [0.1, 0.15) is 4.90 Å². The monoisotopic (exact) mass is 301 g/mol. The number of anilines is 1. The molecule has 0 bridgehead atoms. The second-order valence-electron chi connectivity index (χ2n) is 5.02. The summed E-state index contributed by atoms with van der Waals surface area (Å²) in [4.78, 5) is -0.178. The van der Waals surface area contributed by atoms with Gasteiger partial charge < -0.3 is 15.5 Å². The minimum absolute atomic E-state index is 0.0117. The molecule has 2 rings (SSSR count). The zero-order chi connectivity index (χ0) is 14.8. The molecule has 0 aromatic heterocycles. The van der Waals surface area contributed by atoms with Crippen LogP contribution in [0.25, 0.3) is 0 Å². The van der Waals surface area contributed by atoms with Gasteiger partial charge in [0.05, 0.1) is 18.4 Å². The third-order valence-corrected chi connectivity index (χ3v) is 4.35. The molecule has 1 unspecified atom stereocenters. The molecule has 1 aromatic carbocycles. The van der Waals surface area contributed by atoms with Crippen molar-refractivity contribution in [2.45, 2.75) is 36.7 Å². The number of rotatable bonds is 5. The highest BCUT2D eigenvalue weighted by molar-refractivity contribution is 7.86. The van der Waals surface area contributed by atoms with Gasteiger partial charge in [-0.25, -0.2) is 0 Å². The van der Waals surface area contributed by atoms with Crippen molar-refractivity contribution in [3.05, 3.63) is 23.3 Å². The number of aliphatic hydroxyl groups excluding tert-OH is 2. The first-order valence-corrected chi connectivity index (χ1v) is 8.02. The predicted molar refractivity (Wildman–Crippen MR) is 74.5 cm³/mol. The maximum Gasteiger partial charge on any atom is 0.296 e. The van der Waals surface area contributed by atoms with Crippen LogP contribution in [-0.2, 0) is 23.0 Å². The minimum atomic E-state index is -4.33. The van der Waals surface area contributed by atoms with E-state index >= 15 is 0 Å².